The minimum Gasteiger partial charge on any atom is -0.460 e. The average Bonchev–Trinajstić information content (AvgIpc) is 3.75. The van der Waals surface area contributed by atoms with Crippen LogP contribution in [0, 0.1) is 11.8 Å². The zero-order valence-electron chi connectivity index (χ0n) is 30.3. The van der Waals surface area contributed by atoms with Crippen molar-refractivity contribution >= 4 is 51.0 Å². The number of anilines is 2. The summed E-state index contributed by atoms with van der Waals surface area (Å²) in [7, 11) is 0. The van der Waals surface area contributed by atoms with E-state index in [9.17, 15) is 19.5 Å². The molecule has 5 rings (SSSR count). The number of aliphatic hydroxyl groups is 1. The molecule has 3 aliphatic heterocycles. The lowest BCUT2D eigenvalue weighted by molar-refractivity contribution is -0.159. The molecular weight excluding hydrogens is 728 g/mol. The van der Waals surface area contributed by atoms with Gasteiger partial charge < -0.3 is 34.6 Å². The number of esters is 1. The number of benzene rings is 2. The molecule has 52 heavy (non-hydrogen) atoms. The molecular formula is C40H51BrN4O7. The Morgan fingerprint density at radius 2 is 1.77 bits per heavy atom. The van der Waals surface area contributed by atoms with Gasteiger partial charge >= 0.3 is 5.97 Å². The van der Waals surface area contributed by atoms with Crippen molar-refractivity contribution in [2.24, 2.45) is 11.8 Å². The number of nitrogens with zero attached hydrogens (tertiary/aromatic N) is 3. The summed E-state index contributed by atoms with van der Waals surface area (Å²) >= 11 is 3.72. The number of alkyl halides is 1. The third-order valence-electron chi connectivity index (χ3n) is 10.5. The summed E-state index contributed by atoms with van der Waals surface area (Å²) in [4.78, 5) is 61.1. The van der Waals surface area contributed by atoms with Gasteiger partial charge in [0.05, 0.1) is 37.1 Å². The van der Waals surface area contributed by atoms with Crippen molar-refractivity contribution in [2.45, 2.75) is 81.2 Å². The monoisotopic (exact) mass is 778 g/mol. The highest BCUT2D eigenvalue weighted by molar-refractivity contribution is 9.09. The van der Waals surface area contributed by atoms with Crippen LogP contribution in [-0.2, 0) is 35.1 Å². The molecule has 3 saturated heterocycles. The Morgan fingerprint density at radius 3 is 2.38 bits per heavy atom. The Morgan fingerprint density at radius 1 is 1.10 bits per heavy atom. The van der Waals surface area contributed by atoms with Gasteiger partial charge in [-0.05, 0) is 69.9 Å². The summed E-state index contributed by atoms with van der Waals surface area (Å²) in [6.45, 7) is 14.9. The summed E-state index contributed by atoms with van der Waals surface area (Å²) in [6, 6.07) is 15.3. The Hall–Kier alpha value is -4.00. The van der Waals surface area contributed by atoms with Gasteiger partial charge in [-0.1, -0.05) is 58.4 Å². The van der Waals surface area contributed by atoms with Crippen LogP contribution in [0.15, 0.2) is 79.9 Å². The van der Waals surface area contributed by atoms with Crippen LogP contribution in [0.5, 0.6) is 0 Å². The molecule has 3 heterocycles. The number of fused-ring (bicyclic) bond motifs is 1. The predicted octanol–water partition coefficient (Wildman–Crippen LogP) is 4.42. The molecule has 8 atom stereocenters. The Kier molecular flexibility index (Phi) is 13.0. The van der Waals surface area contributed by atoms with Crippen molar-refractivity contribution < 1.29 is 33.8 Å². The van der Waals surface area contributed by atoms with E-state index >= 15 is 4.79 Å². The molecule has 2 bridgehead atoms. The lowest BCUT2D eigenvalue weighted by atomic mass is 9.70. The summed E-state index contributed by atoms with van der Waals surface area (Å²) in [6.07, 6.45) is 3.28. The first-order valence-corrected chi connectivity index (χ1v) is 19.1. The molecule has 1 unspecified atom stereocenters. The number of carbonyl (C=O) groups is 4. The van der Waals surface area contributed by atoms with E-state index in [2.05, 4.69) is 53.2 Å². The molecule has 0 aliphatic carbocycles. The van der Waals surface area contributed by atoms with E-state index in [0.717, 1.165) is 24.3 Å². The zero-order valence-corrected chi connectivity index (χ0v) is 31.9. The minimum atomic E-state index is -1.37. The van der Waals surface area contributed by atoms with Gasteiger partial charge in [-0.3, -0.25) is 19.2 Å². The van der Waals surface area contributed by atoms with E-state index < -0.39 is 60.2 Å². The number of aliphatic hydroxyl groups excluding tert-OH is 1. The molecule has 0 radical (unpaired) electrons. The molecule has 1 spiro atoms. The maximum atomic E-state index is 15.1. The number of allylic oxidation sites excluding steroid dienone is 1. The second-order valence-corrected chi connectivity index (χ2v) is 14.9. The second kappa shape index (κ2) is 17.2. The first kappa shape index (κ1) is 39.2. The maximum absolute atomic E-state index is 15.1. The fourth-order valence-corrected chi connectivity index (χ4v) is 9.02. The molecule has 3 fully saturated rings. The van der Waals surface area contributed by atoms with Crippen molar-refractivity contribution in [1.82, 2.24) is 10.2 Å². The van der Waals surface area contributed by atoms with Crippen molar-refractivity contribution in [1.29, 1.82) is 0 Å². The third kappa shape index (κ3) is 7.70. The van der Waals surface area contributed by atoms with Crippen LogP contribution in [0.4, 0.5) is 11.4 Å². The zero-order chi connectivity index (χ0) is 37.6. The molecule has 2 aromatic carbocycles. The Balaban J connectivity index is 1.51. The summed E-state index contributed by atoms with van der Waals surface area (Å²) < 4.78 is 12.6. The molecule has 2 N–H and O–H groups in total. The highest BCUT2D eigenvalue weighted by atomic mass is 79.9. The number of halogens is 1. The standard InChI is InChI=1S/C40H51BrN4O7/c1-6-10-16-32(47)42-24-26(5)51-39(50)33-34-37(48)45(30(25-46)22-27-14-12-11-13-15-27)36(40(34)23-31(41)35(33)52-40)38(49)44(21-7-2)29-19-17-28(18-20-29)43(8-3)9-4/h6-7,11-15,17-20,26,30-31,33-36,46H,1-2,8-10,16,21-25H2,3-5H3,(H,42,47)/t26-,30+,31?,33-,34+,35-,36-,40+/m0/s1. The van der Waals surface area contributed by atoms with E-state index in [4.69, 9.17) is 9.47 Å². The van der Waals surface area contributed by atoms with Gasteiger partial charge in [0, 0.05) is 42.3 Å². The third-order valence-corrected chi connectivity index (χ3v) is 11.3. The van der Waals surface area contributed by atoms with Gasteiger partial charge in [-0.25, -0.2) is 0 Å². The number of rotatable bonds is 18. The number of amides is 3. The lowest BCUT2D eigenvalue weighted by Crippen LogP contribution is -2.59. The molecule has 3 aliphatic rings. The van der Waals surface area contributed by atoms with Crippen LogP contribution in [0.2, 0.25) is 0 Å². The van der Waals surface area contributed by atoms with E-state index in [1.807, 2.05) is 54.6 Å². The first-order chi connectivity index (χ1) is 25.0. The molecule has 2 aromatic rings. The van der Waals surface area contributed by atoms with Gasteiger partial charge in [-0.2, -0.15) is 0 Å². The van der Waals surface area contributed by atoms with E-state index in [-0.39, 0.29) is 42.6 Å². The van der Waals surface area contributed by atoms with Gasteiger partial charge in [0.2, 0.25) is 11.8 Å². The second-order valence-electron chi connectivity index (χ2n) is 13.7. The van der Waals surface area contributed by atoms with Gasteiger partial charge in [0.25, 0.3) is 5.91 Å². The fraction of sp³-hybridized carbons (Fsp3) is 0.500. The van der Waals surface area contributed by atoms with Crippen molar-refractivity contribution in [3.8, 4) is 0 Å². The number of carbonyl (C=O) groups excluding carboxylic acids is 4. The van der Waals surface area contributed by atoms with Crippen molar-refractivity contribution in [3.63, 3.8) is 0 Å². The van der Waals surface area contributed by atoms with Gasteiger partial charge in [0.15, 0.2) is 0 Å². The molecule has 0 aromatic heterocycles. The van der Waals surface area contributed by atoms with Crippen molar-refractivity contribution in [2.75, 3.05) is 42.6 Å². The molecule has 0 saturated carbocycles. The summed E-state index contributed by atoms with van der Waals surface area (Å²) in [5.41, 5.74) is 1.16. The first-order valence-electron chi connectivity index (χ1n) is 18.2. The van der Waals surface area contributed by atoms with E-state index in [1.54, 1.807) is 24.0 Å². The average molecular weight is 780 g/mol. The maximum Gasteiger partial charge on any atom is 0.312 e. The van der Waals surface area contributed by atoms with Crippen LogP contribution in [0.25, 0.3) is 0 Å². The topological polar surface area (TPSA) is 129 Å². The summed E-state index contributed by atoms with van der Waals surface area (Å²) in [5, 5.41) is 13.6. The van der Waals surface area contributed by atoms with Crippen LogP contribution >= 0.6 is 15.9 Å². The lowest BCUT2D eigenvalue weighted by Gasteiger charge is -2.39. The summed E-state index contributed by atoms with van der Waals surface area (Å²) in [5.74, 6) is -3.67. The normalized spacial score (nSPS) is 25.6. The SMILES string of the molecule is C=CCCC(=O)NC[C@H](C)OC(=O)[C@@H]1[C@H]2O[C@@]3(CC2Br)[C@H](C(=O)N(CC=C)c2ccc(N(CC)CC)cc2)N([C@@H](CO)Cc2ccccc2)C(=O)[C@@H]13. The smallest absolute Gasteiger partial charge is 0.312 e. The fourth-order valence-electron chi connectivity index (χ4n) is 8.08. The van der Waals surface area contributed by atoms with E-state index in [1.165, 1.54) is 4.90 Å². The molecule has 12 heteroatoms. The van der Waals surface area contributed by atoms with Crippen molar-refractivity contribution in [3.05, 3.63) is 85.5 Å². The molecule has 280 valence electrons. The van der Waals surface area contributed by atoms with Crippen LogP contribution in [0.1, 0.15) is 45.6 Å². The highest BCUT2D eigenvalue weighted by Crippen LogP contribution is 2.61. The number of nitrogens with one attached hydrogen (secondary N) is 1. The number of ether oxygens (including phenoxy) is 2. The predicted molar refractivity (Wildman–Crippen MR) is 204 cm³/mol. The molecule has 3 amide bonds. The van der Waals surface area contributed by atoms with Crippen LogP contribution < -0.4 is 15.1 Å². The van der Waals surface area contributed by atoms with Gasteiger partial charge in [0.1, 0.15) is 17.7 Å². The quantitative estimate of drug-likeness (QED) is 0.129. The Labute approximate surface area is 315 Å². The van der Waals surface area contributed by atoms with Gasteiger partial charge in [-0.15, -0.1) is 13.2 Å². The largest absolute Gasteiger partial charge is 0.460 e. The van der Waals surface area contributed by atoms with Crippen LogP contribution in [-0.4, -0.2) is 101 Å². The Bertz CT molecular complexity index is 1600. The number of likely N-dealkylation sites (tertiary alicyclic amines) is 1. The number of hydrogen-bond acceptors (Lipinski definition) is 8. The molecule has 11 nitrogen and oxygen atoms in total. The van der Waals surface area contributed by atoms with E-state index in [0.29, 0.717) is 18.5 Å². The van der Waals surface area contributed by atoms with Crippen LogP contribution in [0.3, 0.4) is 0 Å². The minimum absolute atomic E-state index is 0.0991. The number of hydrogen-bond donors (Lipinski definition) is 2. The highest BCUT2D eigenvalue weighted by Gasteiger charge is 2.77.